The first-order valence-corrected chi connectivity index (χ1v) is 5.57. The maximum absolute atomic E-state index is 13.3. The van der Waals surface area contributed by atoms with Crippen LogP contribution in [0.2, 0.25) is 0 Å². The molecule has 100 valence electrons. The summed E-state index contributed by atoms with van der Waals surface area (Å²) in [7, 11) is 3.25. The highest BCUT2D eigenvalue weighted by Crippen LogP contribution is 2.26. The van der Waals surface area contributed by atoms with Crippen molar-refractivity contribution in [2.45, 2.75) is 0 Å². The quantitative estimate of drug-likeness (QED) is 0.678. The molecular formula is C13H14FN3O2. The van der Waals surface area contributed by atoms with E-state index in [9.17, 15) is 4.39 Å². The number of pyridine rings is 1. The third-order valence-electron chi connectivity index (χ3n) is 2.52. The fraction of sp³-hybridized carbons (Fsp3) is 0.154. The van der Waals surface area contributed by atoms with Crippen LogP contribution in [0.5, 0.6) is 11.5 Å². The van der Waals surface area contributed by atoms with Crippen molar-refractivity contribution in [3.8, 4) is 11.5 Å². The lowest BCUT2D eigenvalue weighted by atomic mass is 10.3. The normalized spacial score (nSPS) is 10.3. The lowest BCUT2D eigenvalue weighted by molar-refractivity contribution is 0.182. The highest BCUT2D eigenvalue weighted by molar-refractivity contribution is 5.46. The van der Waals surface area contributed by atoms with Gasteiger partial charge in [-0.25, -0.2) is 14.4 Å². The third kappa shape index (κ3) is 3.11. The molecule has 0 bridgehead atoms. The summed E-state index contributed by atoms with van der Waals surface area (Å²) in [5, 5.41) is 1.48. The number of benzene rings is 1. The van der Waals surface area contributed by atoms with Crippen molar-refractivity contribution in [1.29, 1.82) is 0 Å². The summed E-state index contributed by atoms with van der Waals surface area (Å²) in [4.78, 5) is 9.13. The summed E-state index contributed by atoms with van der Waals surface area (Å²) in [6.45, 7) is 0. The van der Waals surface area contributed by atoms with Gasteiger partial charge in [-0.15, -0.1) is 0 Å². The molecule has 5 nitrogen and oxygen atoms in total. The van der Waals surface area contributed by atoms with Crippen LogP contribution in [0.25, 0.3) is 0 Å². The molecule has 0 aliphatic heterocycles. The summed E-state index contributed by atoms with van der Waals surface area (Å²) in [6.07, 6.45) is 1.58. The second kappa shape index (κ2) is 5.53. The summed E-state index contributed by atoms with van der Waals surface area (Å²) in [5.41, 5.74) is 5.49. The first kappa shape index (κ1) is 13.1. The number of hydrogen-bond donors (Lipinski definition) is 1. The molecule has 1 aromatic carbocycles. The first-order chi connectivity index (χ1) is 9.10. The highest BCUT2D eigenvalue weighted by atomic mass is 19.1. The number of hydrogen-bond acceptors (Lipinski definition) is 5. The first-order valence-electron chi connectivity index (χ1n) is 5.57. The average molecular weight is 263 g/mol. The molecule has 19 heavy (non-hydrogen) atoms. The van der Waals surface area contributed by atoms with E-state index in [0.29, 0.717) is 17.3 Å². The Balaban J connectivity index is 2.20. The number of nitrogens with zero attached hydrogens (tertiary/aromatic N) is 2. The standard InChI is InChI=1S/C13H14FN3O2/c1-17(18-2)13-8-10(5-6-16-13)19-9-3-4-12(15)11(14)7-9/h3-8H,15H2,1-2H3. The lowest BCUT2D eigenvalue weighted by Gasteiger charge is -2.15. The Hall–Kier alpha value is -2.34. The van der Waals surface area contributed by atoms with Crippen LogP contribution in [0.3, 0.4) is 0 Å². The number of aromatic nitrogens is 1. The molecule has 0 saturated carbocycles. The number of anilines is 2. The van der Waals surface area contributed by atoms with Crippen molar-refractivity contribution in [2.75, 3.05) is 25.0 Å². The van der Waals surface area contributed by atoms with Gasteiger partial charge in [0.05, 0.1) is 12.8 Å². The van der Waals surface area contributed by atoms with Gasteiger partial charge in [-0.05, 0) is 18.2 Å². The minimum absolute atomic E-state index is 0.0851. The molecular weight excluding hydrogens is 249 g/mol. The zero-order valence-corrected chi connectivity index (χ0v) is 10.6. The molecule has 0 spiro atoms. The second-order valence-corrected chi connectivity index (χ2v) is 3.82. The van der Waals surface area contributed by atoms with Gasteiger partial charge >= 0.3 is 0 Å². The fourth-order valence-corrected chi connectivity index (χ4v) is 1.44. The van der Waals surface area contributed by atoms with Crippen LogP contribution < -0.4 is 15.5 Å². The van der Waals surface area contributed by atoms with E-state index in [2.05, 4.69) is 4.98 Å². The maximum Gasteiger partial charge on any atom is 0.155 e. The molecule has 1 aromatic heterocycles. The van der Waals surface area contributed by atoms with Gasteiger partial charge in [0.1, 0.15) is 17.3 Å². The van der Waals surface area contributed by atoms with Crippen molar-refractivity contribution in [3.05, 3.63) is 42.3 Å². The van der Waals surface area contributed by atoms with Crippen molar-refractivity contribution in [2.24, 2.45) is 0 Å². The molecule has 0 atom stereocenters. The molecule has 0 saturated heterocycles. The van der Waals surface area contributed by atoms with Gasteiger partial charge in [0.2, 0.25) is 0 Å². The van der Waals surface area contributed by atoms with Crippen LogP contribution in [0.4, 0.5) is 15.9 Å². The van der Waals surface area contributed by atoms with Crippen molar-refractivity contribution in [3.63, 3.8) is 0 Å². The molecule has 0 aliphatic rings. The predicted molar refractivity (Wildman–Crippen MR) is 70.5 cm³/mol. The van der Waals surface area contributed by atoms with E-state index in [-0.39, 0.29) is 5.69 Å². The van der Waals surface area contributed by atoms with Gasteiger partial charge in [-0.3, -0.25) is 4.84 Å². The summed E-state index contributed by atoms with van der Waals surface area (Å²) < 4.78 is 18.8. The molecule has 6 heteroatoms. The summed E-state index contributed by atoms with van der Waals surface area (Å²) in [6, 6.07) is 7.63. The van der Waals surface area contributed by atoms with E-state index in [1.165, 1.54) is 24.3 Å². The van der Waals surface area contributed by atoms with Crippen molar-refractivity contribution >= 4 is 11.5 Å². The molecule has 2 N–H and O–H groups in total. The van der Waals surface area contributed by atoms with Crippen LogP contribution >= 0.6 is 0 Å². The largest absolute Gasteiger partial charge is 0.457 e. The van der Waals surface area contributed by atoms with Crippen molar-refractivity contribution in [1.82, 2.24) is 4.98 Å². The maximum atomic E-state index is 13.3. The Labute approximate surface area is 110 Å². The van der Waals surface area contributed by atoms with Crippen LogP contribution in [-0.2, 0) is 4.84 Å². The number of hydroxylamine groups is 1. The number of halogens is 1. The Kier molecular flexibility index (Phi) is 3.82. The Morgan fingerprint density at radius 3 is 2.63 bits per heavy atom. The Morgan fingerprint density at radius 2 is 1.95 bits per heavy atom. The molecule has 0 aliphatic carbocycles. The van der Waals surface area contributed by atoms with Crippen LogP contribution in [0.1, 0.15) is 0 Å². The predicted octanol–water partition coefficient (Wildman–Crippen LogP) is 2.59. The van der Waals surface area contributed by atoms with E-state index in [1.54, 1.807) is 31.4 Å². The zero-order chi connectivity index (χ0) is 13.8. The van der Waals surface area contributed by atoms with Gasteiger partial charge in [0, 0.05) is 25.4 Å². The highest BCUT2D eigenvalue weighted by Gasteiger charge is 2.05. The molecule has 0 radical (unpaired) electrons. The van der Waals surface area contributed by atoms with Crippen LogP contribution in [0, 0.1) is 5.82 Å². The smallest absolute Gasteiger partial charge is 0.155 e. The van der Waals surface area contributed by atoms with E-state index in [4.69, 9.17) is 15.3 Å². The molecule has 0 fully saturated rings. The third-order valence-corrected chi connectivity index (χ3v) is 2.52. The van der Waals surface area contributed by atoms with Gasteiger partial charge in [0.15, 0.2) is 5.82 Å². The molecule has 2 rings (SSSR count). The van der Waals surface area contributed by atoms with Crippen LogP contribution in [0.15, 0.2) is 36.5 Å². The molecule has 2 aromatic rings. The summed E-state index contributed by atoms with van der Waals surface area (Å²) in [5.74, 6) is 0.957. The lowest BCUT2D eigenvalue weighted by Crippen LogP contribution is -2.15. The Bertz CT molecular complexity index is 578. The van der Waals surface area contributed by atoms with E-state index in [0.717, 1.165) is 0 Å². The molecule has 1 heterocycles. The van der Waals surface area contributed by atoms with Gasteiger partial charge < -0.3 is 10.5 Å². The number of nitrogens with two attached hydrogens (primary N) is 1. The average Bonchev–Trinajstić information content (AvgIpc) is 2.42. The number of rotatable bonds is 4. The molecule has 0 amide bonds. The fourth-order valence-electron chi connectivity index (χ4n) is 1.44. The SMILES string of the molecule is CON(C)c1cc(Oc2ccc(N)c(F)c2)ccn1. The monoisotopic (exact) mass is 263 g/mol. The molecule has 0 unspecified atom stereocenters. The Morgan fingerprint density at radius 1 is 1.21 bits per heavy atom. The zero-order valence-electron chi connectivity index (χ0n) is 10.6. The topological polar surface area (TPSA) is 60.6 Å². The van der Waals surface area contributed by atoms with Gasteiger partial charge in [0.25, 0.3) is 0 Å². The van der Waals surface area contributed by atoms with Crippen molar-refractivity contribution < 1.29 is 14.0 Å². The van der Waals surface area contributed by atoms with Gasteiger partial charge in [-0.1, -0.05) is 0 Å². The second-order valence-electron chi connectivity index (χ2n) is 3.82. The minimum atomic E-state index is -0.513. The van der Waals surface area contributed by atoms with Gasteiger partial charge in [-0.2, -0.15) is 0 Å². The summed E-state index contributed by atoms with van der Waals surface area (Å²) >= 11 is 0. The van der Waals surface area contributed by atoms with E-state index >= 15 is 0 Å². The van der Waals surface area contributed by atoms with E-state index in [1.807, 2.05) is 0 Å². The number of nitrogen functional groups attached to an aromatic ring is 1. The van der Waals surface area contributed by atoms with Crippen LogP contribution in [-0.4, -0.2) is 19.1 Å². The van der Waals surface area contributed by atoms with E-state index < -0.39 is 5.82 Å². The minimum Gasteiger partial charge on any atom is -0.457 e. The number of ether oxygens (including phenoxy) is 1.